The highest BCUT2D eigenvalue weighted by atomic mass is 127. The minimum atomic E-state index is -1.22. The number of aliphatic hydroxyl groups is 2. The van der Waals surface area contributed by atoms with Gasteiger partial charge in [-0.3, -0.25) is 19.7 Å². The van der Waals surface area contributed by atoms with Gasteiger partial charge in [0, 0.05) is 9.62 Å². The van der Waals surface area contributed by atoms with Crippen LogP contribution in [0.15, 0.2) is 15.8 Å². The maximum Gasteiger partial charge on any atom is 0.329 e. The summed E-state index contributed by atoms with van der Waals surface area (Å²) < 4.78 is 7.20. The summed E-state index contributed by atoms with van der Waals surface area (Å²) in [5, 5.41) is 24.0. The molecule has 0 spiro atoms. The second-order valence-electron chi connectivity index (χ2n) is 7.11. The van der Waals surface area contributed by atoms with Crippen molar-refractivity contribution < 1.29 is 14.9 Å². The van der Waals surface area contributed by atoms with E-state index in [0.717, 1.165) is 25.8 Å². The van der Waals surface area contributed by atoms with Crippen molar-refractivity contribution in [3.05, 3.63) is 32.6 Å². The molecule has 1 aromatic rings. The third-order valence-corrected chi connectivity index (χ3v) is 7.22. The Morgan fingerprint density at radius 1 is 1.26 bits per heavy atom. The molecule has 1 aliphatic rings. The molecule has 0 aliphatic carbocycles. The lowest BCUT2D eigenvalue weighted by Crippen LogP contribution is -2.38. The molecule has 0 aromatic carbocycles. The summed E-state index contributed by atoms with van der Waals surface area (Å²) in [7, 11) is 0. The summed E-state index contributed by atoms with van der Waals surface area (Å²) in [5.41, 5.74) is -0.982. The molecule has 0 bridgehead atoms. The highest BCUT2D eigenvalue weighted by molar-refractivity contribution is 14.1. The van der Waals surface area contributed by atoms with Gasteiger partial charge in [-0.05, 0) is 32.2 Å². The molecule has 9 heteroatoms. The molecule has 8 nitrogen and oxygen atoms in total. The van der Waals surface area contributed by atoms with Crippen LogP contribution < -0.4 is 16.6 Å². The number of aromatic amines is 1. The van der Waals surface area contributed by atoms with Gasteiger partial charge in [-0.2, -0.15) is 0 Å². The van der Waals surface area contributed by atoms with E-state index in [1.165, 1.54) is 10.8 Å². The Labute approximate surface area is 172 Å². The Bertz CT molecular complexity index is 730. The summed E-state index contributed by atoms with van der Waals surface area (Å²) in [6.45, 7) is 7.14. The molecule has 0 radical (unpaired) electrons. The second kappa shape index (κ2) is 9.64. The zero-order valence-corrected chi connectivity index (χ0v) is 18.2. The first-order valence-electron chi connectivity index (χ1n) is 9.51. The predicted octanol–water partition coefficient (Wildman–Crippen LogP) is 1.04. The number of rotatable bonds is 9. The first-order chi connectivity index (χ1) is 12.8. The second-order valence-corrected chi connectivity index (χ2v) is 9.40. The van der Waals surface area contributed by atoms with E-state index in [1.54, 1.807) is 0 Å². The molecule has 154 valence electrons. The van der Waals surface area contributed by atoms with Gasteiger partial charge in [0.15, 0.2) is 0 Å². The highest BCUT2D eigenvalue weighted by Crippen LogP contribution is 2.40. The van der Waals surface area contributed by atoms with Crippen LogP contribution in [0.1, 0.15) is 58.1 Å². The maximum atomic E-state index is 12.3. The van der Waals surface area contributed by atoms with Crippen molar-refractivity contribution in [1.82, 2.24) is 14.9 Å². The molecule has 1 aromatic heterocycles. The molecule has 2 heterocycles. The number of H-pyrrole nitrogens is 1. The Morgan fingerprint density at radius 2 is 1.93 bits per heavy atom. The number of hydrogen-bond donors (Lipinski definition) is 4. The van der Waals surface area contributed by atoms with Crippen LogP contribution in [0.25, 0.3) is 0 Å². The highest BCUT2D eigenvalue weighted by Gasteiger charge is 2.46. The summed E-state index contributed by atoms with van der Waals surface area (Å²) in [5.74, 6) is 0. The summed E-state index contributed by atoms with van der Waals surface area (Å²) in [4.78, 5) is 26.6. The Balaban J connectivity index is 2.25. The predicted molar refractivity (Wildman–Crippen MR) is 111 cm³/mol. The lowest BCUT2D eigenvalue weighted by Gasteiger charge is -2.28. The molecule has 27 heavy (non-hydrogen) atoms. The standard InChI is InChI=1S/C18H30IN3O5/c1-4-7-20-10-22-9-11(16(25)21-17(22)26)15-14(24)13(23)12(27-15)8-18(19,5-2)6-3/h9,12-15,20,23-24H,4-8,10H2,1-3H3,(H,21,25,26)/t12?,13-,14-,15?/m1/s1. The number of aliphatic hydroxyl groups excluding tert-OH is 2. The summed E-state index contributed by atoms with van der Waals surface area (Å²) >= 11 is 2.37. The Morgan fingerprint density at radius 3 is 2.52 bits per heavy atom. The lowest BCUT2D eigenvalue weighted by molar-refractivity contribution is -0.00275. The smallest absolute Gasteiger partial charge is 0.329 e. The fourth-order valence-electron chi connectivity index (χ4n) is 3.30. The largest absolute Gasteiger partial charge is 0.388 e. The van der Waals surface area contributed by atoms with Crippen LogP contribution in [0.3, 0.4) is 0 Å². The molecular formula is C18H30IN3O5. The van der Waals surface area contributed by atoms with Gasteiger partial charge in [0.25, 0.3) is 5.56 Å². The molecule has 4 N–H and O–H groups in total. The Kier molecular flexibility index (Phi) is 8.05. The van der Waals surface area contributed by atoms with Gasteiger partial charge in [0.2, 0.25) is 0 Å². The summed E-state index contributed by atoms with van der Waals surface area (Å²) in [6, 6.07) is 0. The van der Waals surface area contributed by atoms with E-state index in [1.807, 2.05) is 6.92 Å². The molecule has 0 amide bonds. The van der Waals surface area contributed by atoms with Crippen molar-refractivity contribution >= 4 is 22.6 Å². The molecule has 4 atom stereocenters. The van der Waals surface area contributed by atoms with Gasteiger partial charge >= 0.3 is 5.69 Å². The number of nitrogens with one attached hydrogen (secondary N) is 2. The van der Waals surface area contributed by atoms with Crippen LogP contribution in [0, 0.1) is 0 Å². The number of aromatic nitrogens is 2. The minimum absolute atomic E-state index is 0.0483. The fourth-order valence-corrected chi connectivity index (χ4v) is 3.73. The van der Waals surface area contributed by atoms with Crippen molar-refractivity contribution in [1.29, 1.82) is 0 Å². The quantitative estimate of drug-likeness (QED) is 0.231. The Hall–Kier alpha value is -0.750. The zero-order valence-electron chi connectivity index (χ0n) is 16.1. The van der Waals surface area contributed by atoms with Gasteiger partial charge in [-0.25, -0.2) is 4.79 Å². The summed E-state index contributed by atoms with van der Waals surface area (Å²) in [6.07, 6.45) is 0.865. The van der Waals surface area contributed by atoms with Crippen molar-refractivity contribution in [3.8, 4) is 0 Å². The zero-order chi connectivity index (χ0) is 20.2. The van der Waals surface area contributed by atoms with Crippen molar-refractivity contribution in [2.45, 2.75) is 81.0 Å². The van der Waals surface area contributed by atoms with E-state index >= 15 is 0 Å². The average molecular weight is 495 g/mol. The van der Waals surface area contributed by atoms with Gasteiger partial charge < -0.3 is 14.9 Å². The van der Waals surface area contributed by atoms with E-state index < -0.39 is 35.7 Å². The van der Waals surface area contributed by atoms with Gasteiger partial charge in [0.05, 0.1) is 18.3 Å². The maximum absolute atomic E-state index is 12.3. The van der Waals surface area contributed by atoms with E-state index in [0.29, 0.717) is 6.42 Å². The van der Waals surface area contributed by atoms with Gasteiger partial charge in [-0.15, -0.1) is 0 Å². The fraction of sp³-hybridized carbons (Fsp3) is 0.778. The van der Waals surface area contributed by atoms with Gasteiger partial charge in [-0.1, -0.05) is 43.4 Å². The number of hydrogen-bond acceptors (Lipinski definition) is 6. The topological polar surface area (TPSA) is 117 Å². The van der Waals surface area contributed by atoms with E-state index in [-0.39, 0.29) is 15.7 Å². The number of halogens is 1. The molecule has 1 aliphatic heterocycles. The third-order valence-electron chi connectivity index (χ3n) is 5.25. The van der Waals surface area contributed by atoms with Crippen molar-refractivity contribution in [3.63, 3.8) is 0 Å². The average Bonchev–Trinajstić information content (AvgIpc) is 2.91. The molecule has 2 rings (SSSR count). The van der Waals surface area contributed by atoms with Crippen LogP contribution in [0.2, 0.25) is 0 Å². The van der Waals surface area contributed by atoms with Crippen LogP contribution in [0.5, 0.6) is 0 Å². The molecule has 1 saturated heterocycles. The van der Waals surface area contributed by atoms with Gasteiger partial charge in [0.1, 0.15) is 18.3 Å². The van der Waals surface area contributed by atoms with Crippen LogP contribution in [-0.2, 0) is 11.4 Å². The van der Waals surface area contributed by atoms with Crippen LogP contribution in [-0.4, -0.2) is 48.0 Å². The lowest BCUT2D eigenvalue weighted by atomic mass is 9.92. The van der Waals surface area contributed by atoms with Crippen LogP contribution >= 0.6 is 22.6 Å². The number of alkyl halides is 1. The first-order valence-corrected chi connectivity index (χ1v) is 10.6. The van der Waals surface area contributed by atoms with Crippen molar-refractivity contribution in [2.75, 3.05) is 6.54 Å². The number of ether oxygens (including phenoxy) is 1. The monoisotopic (exact) mass is 495 g/mol. The molecule has 0 saturated carbocycles. The van der Waals surface area contributed by atoms with Crippen molar-refractivity contribution in [2.24, 2.45) is 0 Å². The molecular weight excluding hydrogens is 465 g/mol. The minimum Gasteiger partial charge on any atom is -0.388 e. The SMILES string of the molecule is CCCNCn1cc(C2OC(CC(I)(CC)CC)[C@@H](O)[C@H]2O)c(=O)[nH]c1=O. The number of nitrogens with zero attached hydrogens (tertiary/aromatic N) is 1. The van der Waals surface area contributed by atoms with Crippen LogP contribution in [0.4, 0.5) is 0 Å². The van der Waals surface area contributed by atoms with E-state index in [9.17, 15) is 19.8 Å². The normalized spacial score (nSPS) is 25.9. The van der Waals surface area contributed by atoms with E-state index in [2.05, 4.69) is 46.7 Å². The third kappa shape index (κ3) is 5.20. The molecule has 1 fully saturated rings. The van der Waals surface area contributed by atoms with E-state index in [4.69, 9.17) is 4.74 Å². The first kappa shape index (κ1) is 22.5. The molecule has 2 unspecified atom stereocenters.